The van der Waals surface area contributed by atoms with Crippen LogP contribution in [0.15, 0.2) is 0 Å². The van der Waals surface area contributed by atoms with E-state index < -0.39 is 5.60 Å². The molecule has 16 heteroatoms. The fourth-order valence-electron chi connectivity index (χ4n) is 3.93. The average molecular weight is 773 g/mol. The van der Waals surface area contributed by atoms with Crippen LogP contribution >= 0.6 is 0 Å². The molecule has 0 aromatic rings. The quantitative estimate of drug-likeness (QED) is 0.0656. The number of hydrogen-bond acceptors (Lipinski definition) is 16. The number of carbonyl (C=O) groups excluding carboxylic acids is 2. The van der Waals surface area contributed by atoms with Gasteiger partial charge in [0.05, 0.1) is 152 Å². The Morgan fingerprint density at radius 1 is 0.358 bits per heavy atom. The zero-order chi connectivity index (χ0) is 38.8. The van der Waals surface area contributed by atoms with E-state index in [-0.39, 0.29) is 25.2 Å². The van der Waals surface area contributed by atoms with Crippen molar-refractivity contribution in [2.24, 2.45) is 0 Å². The van der Waals surface area contributed by atoms with Crippen molar-refractivity contribution < 1.29 is 75.9 Å². The van der Waals surface area contributed by atoms with Gasteiger partial charge in [-0.05, 0) is 27.2 Å². The molecule has 16 nitrogen and oxygen atoms in total. The third-order valence-corrected chi connectivity index (χ3v) is 6.46. The number of hydrogen-bond donors (Lipinski definition) is 0. The summed E-state index contributed by atoms with van der Waals surface area (Å²) in [6, 6.07) is 0. The number of ether oxygens (including phenoxy) is 14. The lowest BCUT2D eigenvalue weighted by atomic mass is 10.2. The summed E-state index contributed by atoms with van der Waals surface area (Å²) in [4.78, 5) is 23.1. The van der Waals surface area contributed by atoms with Crippen molar-refractivity contribution in [3.63, 3.8) is 0 Å². The molecule has 0 aliphatic heterocycles. The Morgan fingerprint density at radius 2 is 0.642 bits per heavy atom. The van der Waals surface area contributed by atoms with Crippen molar-refractivity contribution in [3.05, 3.63) is 0 Å². The molecule has 0 aliphatic carbocycles. The number of unbranched alkanes of at least 4 members (excludes halogenated alkanes) is 3. The minimum atomic E-state index is -0.515. The SMILES string of the molecule is CCCCCCC(=O)OCCOCCOCCOCCOCCOCCOCCOCCOCCOCCOCCOCCOCC(=O)OC(C)(C)C. The smallest absolute Gasteiger partial charge is 0.332 e. The highest BCUT2D eigenvalue weighted by molar-refractivity contribution is 5.71. The van der Waals surface area contributed by atoms with E-state index in [1.165, 1.54) is 0 Å². The molecular weight excluding hydrogens is 700 g/mol. The van der Waals surface area contributed by atoms with Gasteiger partial charge in [-0.1, -0.05) is 26.2 Å². The van der Waals surface area contributed by atoms with E-state index >= 15 is 0 Å². The monoisotopic (exact) mass is 772 g/mol. The zero-order valence-corrected chi connectivity index (χ0v) is 33.2. The highest BCUT2D eigenvalue weighted by atomic mass is 16.6. The van der Waals surface area contributed by atoms with Gasteiger partial charge in [0.2, 0.25) is 0 Å². The molecule has 0 heterocycles. The summed E-state index contributed by atoms with van der Waals surface area (Å²) in [6.07, 6.45) is 4.74. The van der Waals surface area contributed by atoms with Crippen LogP contribution in [0.4, 0.5) is 0 Å². The lowest BCUT2D eigenvalue weighted by Crippen LogP contribution is -2.27. The summed E-state index contributed by atoms with van der Waals surface area (Å²) in [5, 5.41) is 0. The maximum atomic E-state index is 11.6. The molecular formula is C37H72O16. The fourth-order valence-corrected chi connectivity index (χ4v) is 3.93. The zero-order valence-electron chi connectivity index (χ0n) is 33.2. The second kappa shape index (κ2) is 41.6. The predicted molar refractivity (Wildman–Crippen MR) is 195 cm³/mol. The van der Waals surface area contributed by atoms with Gasteiger partial charge >= 0.3 is 11.9 Å². The summed E-state index contributed by atoms with van der Waals surface area (Å²) in [5.41, 5.74) is -0.515. The van der Waals surface area contributed by atoms with Gasteiger partial charge in [0.15, 0.2) is 0 Å². The Kier molecular flexibility index (Phi) is 40.4. The van der Waals surface area contributed by atoms with E-state index in [0.29, 0.717) is 158 Å². The van der Waals surface area contributed by atoms with E-state index in [4.69, 9.17) is 66.3 Å². The highest BCUT2D eigenvalue weighted by Gasteiger charge is 2.15. The molecule has 0 aromatic heterocycles. The molecule has 0 aromatic carbocycles. The first-order chi connectivity index (χ1) is 25.8. The summed E-state index contributed by atoms with van der Waals surface area (Å²) in [6.45, 7) is 18.3. The van der Waals surface area contributed by atoms with Crippen molar-refractivity contribution in [3.8, 4) is 0 Å². The molecule has 53 heavy (non-hydrogen) atoms. The maximum Gasteiger partial charge on any atom is 0.332 e. The van der Waals surface area contributed by atoms with E-state index in [0.717, 1.165) is 25.7 Å². The van der Waals surface area contributed by atoms with Crippen LogP contribution in [0.2, 0.25) is 0 Å². The highest BCUT2D eigenvalue weighted by Crippen LogP contribution is 2.06. The van der Waals surface area contributed by atoms with Crippen LogP contribution in [0, 0.1) is 0 Å². The molecule has 0 fully saturated rings. The molecule has 0 saturated carbocycles. The number of rotatable bonds is 43. The van der Waals surface area contributed by atoms with Crippen LogP contribution in [0.25, 0.3) is 0 Å². The van der Waals surface area contributed by atoms with Gasteiger partial charge in [0.1, 0.15) is 18.8 Å². The van der Waals surface area contributed by atoms with Crippen LogP contribution in [0.3, 0.4) is 0 Å². The van der Waals surface area contributed by atoms with E-state index in [2.05, 4.69) is 6.92 Å². The second-order valence-corrected chi connectivity index (χ2v) is 12.4. The normalized spacial score (nSPS) is 11.7. The maximum absolute atomic E-state index is 11.6. The third-order valence-electron chi connectivity index (χ3n) is 6.46. The molecule has 0 N–H and O–H groups in total. The largest absolute Gasteiger partial charge is 0.463 e. The van der Waals surface area contributed by atoms with Gasteiger partial charge in [-0.2, -0.15) is 0 Å². The van der Waals surface area contributed by atoms with Crippen molar-refractivity contribution in [1.29, 1.82) is 0 Å². The molecule has 316 valence electrons. The first kappa shape index (κ1) is 51.5. The molecule has 0 saturated heterocycles. The minimum Gasteiger partial charge on any atom is -0.463 e. The lowest BCUT2D eigenvalue weighted by molar-refractivity contribution is -0.160. The standard InChI is InChI=1S/C37H72O16/c1-5-6-7-8-9-35(38)52-33-32-50-29-28-48-25-24-46-21-20-44-17-16-42-13-12-40-10-11-41-14-15-43-18-19-45-22-23-47-26-27-49-30-31-51-34-36(39)53-37(2,3)4/h5-34H2,1-4H3. The van der Waals surface area contributed by atoms with Gasteiger partial charge in [-0.3, -0.25) is 4.79 Å². The molecule has 0 aliphatic rings. The Balaban J connectivity index is 3.12. The van der Waals surface area contributed by atoms with Crippen LogP contribution in [0.5, 0.6) is 0 Å². The topological polar surface area (TPSA) is 163 Å². The molecule has 0 amide bonds. The van der Waals surface area contributed by atoms with Crippen LogP contribution in [0.1, 0.15) is 59.8 Å². The molecule has 0 rings (SSSR count). The van der Waals surface area contributed by atoms with E-state index in [1.54, 1.807) is 0 Å². The Bertz CT molecular complexity index is 768. The van der Waals surface area contributed by atoms with Crippen molar-refractivity contribution in [1.82, 2.24) is 0 Å². The molecule has 0 atom stereocenters. The average Bonchev–Trinajstić information content (AvgIpc) is 3.12. The fraction of sp³-hybridized carbons (Fsp3) is 0.946. The Hall–Kier alpha value is -1.54. The first-order valence-electron chi connectivity index (χ1n) is 19.2. The second-order valence-electron chi connectivity index (χ2n) is 12.4. The van der Waals surface area contributed by atoms with Crippen LogP contribution < -0.4 is 0 Å². The predicted octanol–water partition coefficient (Wildman–Crippen LogP) is 3.04. The molecule has 0 bridgehead atoms. The van der Waals surface area contributed by atoms with Crippen LogP contribution in [-0.4, -0.2) is 183 Å². The lowest BCUT2D eigenvalue weighted by Gasteiger charge is -2.19. The number of esters is 2. The van der Waals surface area contributed by atoms with E-state index in [9.17, 15) is 9.59 Å². The number of carbonyl (C=O) groups is 2. The van der Waals surface area contributed by atoms with Crippen molar-refractivity contribution in [2.75, 3.05) is 165 Å². The van der Waals surface area contributed by atoms with Gasteiger partial charge < -0.3 is 66.3 Å². The Labute approximate surface area is 318 Å². The Morgan fingerprint density at radius 3 is 0.925 bits per heavy atom. The molecule has 0 spiro atoms. The van der Waals surface area contributed by atoms with Crippen molar-refractivity contribution >= 4 is 11.9 Å². The van der Waals surface area contributed by atoms with Crippen LogP contribution in [-0.2, 0) is 75.9 Å². The van der Waals surface area contributed by atoms with Gasteiger partial charge in [-0.25, -0.2) is 4.79 Å². The minimum absolute atomic E-state index is 0.0872. The van der Waals surface area contributed by atoms with Crippen molar-refractivity contribution in [2.45, 2.75) is 65.4 Å². The summed E-state index contributed by atoms with van der Waals surface area (Å²) in [5.74, 6) is -0.547. The van der Waals surface area contributed by atoms with Gasteiger partial charge in [-0.15, -0.1) is 0 Å². The first-order valence-corrected chi connectivity index (χ1v) is 19.2. The summed E-state index contributed by atoms with van der Waals surface area (Å²) >= 11 is 0. The summed E-state index contributed by atoms with van der Waals surface area (Å²) in [7, 11) is 0. The molecule has 0 unspecified atom stereocenters. The summed E-state index contributed by atoms with van der Waals surface area (Å²) < 4.78 is 75.5. The van der Waals surface area contributed by atoms with Gasteiger partial charge in [0, 0.05) is 6.42 Å². The van der Waals surface area contributed by atoms with Gasteiger partial charge in [0.25, 0.3) is 0 Å². The van der Waals surface area contributed by atoms with E-state index in [1.807, 2.05) is 20.8 Å². The molecule has 0 radical (unpaired) electrons. The third kappa shape index (κ3) is 46.5.